The van der Waals surface area contributed by atoms with Crippen molar-refractivity contribution >= 4 is 29.3 Å². The fourth-order valence-corrected chi connectivity index (χ4v) is 3.57. The summed E-state index contributed by atoms with van der Waals surface area (Å²) in [6.45, 7) is 3.54. The zero-order valence-electron chi connectivity index (χ0n) is 14.6. The summed E-state index contributed by atoms with van der Waals surface area (Å²) in [7, 11) is 0. The van der Waals surface area contributed by atoms with Gasteiger partial charge in [0.2, 0.25) is 5.91 Å². The Hall–Kier alpha value is -2.09. The second-order valence-electron chi connectivity index (χ2n) is 6.66. The second kappa shape index (κ2) is 7.03. The van der Waals surface area contributed by atoms with Crippen LogP contribution in [0.15, 0.2) is 24.4 Å². The molecule has 0 radical (unpaired) electrons. The minimum atomic E-state index is -0.794. The number of cyclic esters (lactones) is 1. The summed E-state index contributed by atoms with van der Waals surface area (Å²) in [5.74, 6) is 0.543. The molecule has 0 unspecified atom stereocenters. The van der Waals surface area contributed by atoms with Gasteiger partial charge in [-0.2, -0.15) is 11.8 Å². The van der Waals surface area contributed by atoms with Gasteiger partial charge >= 0.3 is 5.97 Å². The van der Waals surface area contributed by atoms with E-state index in [-0.39, 0.29) is 24.3 Å². The monoisotopic (exact) mass is 362 g/mol. The Balaban J connectivity index is 1.84. The van der Waals surface area contributed by atoms with Crippen molar-refractivity contribution in [1.29, 1.82) is 0 Å². The van der Waals surface area contributed by atoms with Crippen LogP contribution in [0.1, 0.15) is 38.6 Å². The number of hydrogen-bond acceptors (Lipinski definition) is 6. The highest BCUT2D eigenvalue weighted by Crippen LogP contribution is 2.33. The summed E-state index contributed by atoms with van der Waals surface area (Å²) in [5, 5.41) is 11.5. The molecule has 1 aliphatic rings. The molecule has 0 spiro atoms. The number of fused-ring (bicyclic) bond motifs is 1. The third kappa shape index (κ3) is 3.63. The second-order valence-corrected chi connectivity index (χ2v) is 7.65. The summed E-state index contributed by atoms with van der Waals surface area (Å²) in [6, 6.07) is 5.40. The average Bonchev–Trinajstić information content (AvgIpc) is 3.11. The standard InChI is InChI=1S/C17H22N4O3S/c1-17(2)11(10-14(22)24-17)16(23)18-12(7-9-25-3)15-20-19-13-6-4-5-8-21(13)15/h4-6,8,11-12H,7,9-10H2,1-3H3,(H,18,23)/t11-,12+/m0/s1. The average molecular weight is 362 g/mol. The summed E-state index contributed by atoms with van der Waals surface area (Å²) < 4.78 is 7.15. The minimum absolute atomic E-state index is 0.106. The fraction of sp³-hybridized carbons (Fsp3) is 0.529. The van der Waals surface area contributed by atoms with E-state index in [0.29, 0.717) is 5.82 Å². The number of carbonyl (C=O) groups is 2. The highest BCUT2D eigenvalue weighted by molar-refractivity contribution is 7.98. The minimum Gasteiger partial charge on any atom is -0.459 e. The van der Waals surface area contributed by atoms with Gasteiger partial charge in [-0.15, -0.1) is 10.2 Å². The number of rotatable bonds is 6. The molecule has 2 atom stereocenters. The van der Waals surface area contributed by atoms with Gasteiger partial charge in [0.25, 0.3) is 0 Å². The topological polar surface area (TPSA) is 85.6 Å². The van der Waals surface area contributed by atoms with Crippen molar-refractivity contribution in [3.8, 4) is 0 Å². The van der Waals surface area contributed by atoms with Crippen LogP contribution in [0.4, 0.5) is 0 Å². The molecule has 134 valence electrons. The Morgan fingerprint density at radius 1 is 1.48 bits per heavy atom. The quantitative estimate of drug-likeness (QED) is 0.791. The van der Waals surface area contributed by atoms with Gasteiger partial charge in [-0.05, 0) is 44.4 Å². The number of pyridine rings is 1. The molecule has 2 aromatic rings. The number of nitrogens with one attached hydrogen (secondary N) is 1. The molecule has 0 bridgehead atoms. The third-order valence-corrected chi connectivity index (χ3v) is 5.13. The highest BCUT2D eigenvalue weighted by atomic mass is 32.2. The number of amides is 1. The zero-order chi connectivity index (χ0) is 18.0. The van der Waals surface area contributed by atoms with E-state index in [1.165, 1.54) is 0 Å². The van der Waals surface area contributed by atoms with E-state index in [1.54, 1.807) is 25.6 Å². The first kappa shape index (κ1) is 17.7. The number of ether oxygens (including phenoxy) is 1. The first-order valence-corrected chi connectivity index (χ1v) is 9.62. The van der Waals surface area contributed by atoms with Gasteiger partial charge in [0, 0.05) is 6.20 Å². The molecule has 1 saturated heterocycles. The number of thioether (sulfide) groups is 1. The highest BCUT2D eigenvalue weighted by Gasteiger charge is 2.46. The molecule has 1 amide bonds. The van der Waals surface area contributed by atoms with Crippen molar-refractivity contribution in [2.45, 2.75) is 38.3 Å². The number of hydrogen-bond donors (Lipinski definition) is 1. The molecule has 8 heteroatoms. The molecule has 3 heterocycles. The van der Waals surface area contributed by atoms with Crippen LogP contribution >= 0.6 is 11.8 Å². The van der Waals surface area contributed by atoms with Crippen LogP contribution in [-0.2, 0) is 14.3 Å². The lowest BCUT2D eigenvalue weighted by atomic mass is 9.89. The van der Waals surface area contributed by atoms with Gasteiger partial charge in [-0.1, -0.05) is 6.07 Å². The lowest BCUT2D eigenvalue weighted by Gasteiger charge is -2.26. The van der Waals surface area contributed by atoms with Gasteiger partial charge in [-0.25, -0.2) is 0 Å². The maximum absolute atomic E-state index is 12.8. The van der Waals surface area contributed by atoms with Crippen LogP contribution in [0.2, 0.25) is 0 Å². The van der Waals surface area contributed by atoms with E-state index in [4.69, 9.17) is 4.74 Å². The summed E-state index contributed by atoms with van der Waals surface area (Å²) >= 11 is 1.70. The van der Waals surface area contributed by atoms with Crippen LogP contribution in [0.5, 0.6) is 0 Å². The molecule has 0 aliphatic carbocycles. The van der Waals surface area contributed by atoms with Crippen molar-refractivity contribution in [2.75, 3.05) is 12.0 Å². The van der Waals surface area contributed by atoms with E-state index in [0.717, 1.165) is 17.8 Å². The van der Waals surface area contributed by atoms with E-state index >= 15 is 0 Å². The largest absolute Gasteiger partial charge is 0.459 e. The number of carbonyl (C=O) groups excluding carboxylic acids is 2. The molecule has 0 saturated carbocycles. The van der Waals surface area contributed by atoms with Gasteiger partial charge in [-0.3, -0.25) is 14.0 Å². The van der Waals surface area contributed by atoms with Crippen molar-refractivity contribution in [3.63, 3.8) is 0 Å². The van der Waals surface area contributed by atoms with Crippen molar-refractivity contribution < 1.29 is 14.3 Å². The Kier molecular flexibility index (Phi) is 4.99. The van der Waals surface area contributed by atoms with E-state index < -0.39 is 11.5 Å². The molecule has 1 N–H and O–H groups in total. The van der Waals surface area contributed by atoms with Crippen LogP contribution in [0.3, 0.4) is 0 Å². The summed E-state index contributed by atoms with van der Waals surface area (Å²) in [4.78, 5) is 24.4. The maximum Gasteiger partial charge on any atom is 0.307 e. The first-order valence-electron chi connectivity index (χ1n) is 8.23. The van der Waals surface area contributed by atoms with Crippen LogP contribution in [0.25, 0.3) is 5.65 Å². The molecule has 1 aliphatic heterocycles. The molecule has 1 fully saturated rings. The predicted molar refractivity (Wildman–Crippen MR) is 95.1 cm³/mol. The Bertz CT molecular complexity index is 789. The number of esters is 1. The molecular formula is C17H22N4O3S. The lowest BCUT2D eigenvalue weighted by Crippen LogP contribution is -2.42. The summed E-state index contributed by atoms with van der Waals surface area (Å²) in [6.07, 6.45) is 4.74. The zero-order valence-corrected chi connectivity index (χ0v) is 15.4. The van der Waals surface area contributed by atoms with Crippen molar-refractivity contribution in [1.82, 2.24) is 19.9 Å². The van der Waals surface area contributed by atoms with Crippen LogP contribution in [0, 0.1) is 5.92 Å². The van der Waals surface area contributed by atoms with Gasteiger partial charge in [0.15, 0.2) is 11.5 Å². The molecule has 2 aromatic heterocycles. The maximum atomic E-state index is 12.8. The molecule has 25 heavy (non-hydrogen) atoms. The van der Waals surface area contributed by atoms with Crippen LogP contribution in [-0.4, -0.2) is 44.1 Å². The summed E-state index contributed by atoms with van der Waals surface area (Å²) in [5.41, 5.74) is -0.0568. The van der Waals surface area contributed by atoms with Gasteiger partial charge in [0.1, 0.15) is 5.60 Å². The fourth-order valence-electron chi connectivity index (χ4n) is 3.10. The van der Waals surface area contributed by atoms with Crippen molar-refractivity contribution in [3.05, 3.63) is 30.2 Å². The Morgan fingerprint density at radius 2 is 2.28 bits per heavy atom. The molecule has 3 rings (SSSR count). The van der Waals surface area contributed by atoms with Crippen LogP contribution < -0.4 is 5.32 Å². The SMILES string of the molecule is CSCC[C@@H](NC(=O)[C@@H]1CC(=O)OC1(C)C)c1nnc2ccccn12. The lowest BCUT2D eigenvalue weighted by molar-refractivity contribution is -0.147. The van der Waals surface area contributed by atoms with Gasteiger partial charge in [0.05, 0.1) is 18.4 Å². The normalized spacial score (nSPS) is 20.4. The van der Waals surface area contributed by atoms with E-state index in [9.17, 15) is 9.59 Å². The third-order valence-electron chi connectivity index (χ3n) is 4.48. The first-order chi connectivity index (χ1) is 11.9. The predicted octanol–water partition coefficient (Wildman–Crippen LogP) is 1.98. The van der Waals surface area contributed by atoms with E-state index in [2.05, 4.69) is 15.5 Å². The van der Waals surface area contributed by atoms with Crippen molar-refractivity contribution in [2.24, 2.45) is 5.92 Å². The Morgan fingerprint density at radius 3 is 2.96 bits per heavy atom. The number of aromatic nitrogens is 3. The Labute approximate surface area is 150 Å². The number of nitrogens with zero attached hydrogens (tertiary/aromatic N) is 3. The molecule has 0 aromatic carbocycles. The molecular weight excluding hydrogens is 340 g/mol. The smallest absolute Gasteiger partial charge is 0.307 e. The van der Waals surface area contributed by atoms with Gasteiger partial charge < -0.3 is 10.1 Å². The molecule has 7 nitrogen and oxygen atoms in total. The van der Waals surface area contributed by atoms with E-state index in [1.807, 2.05) is 35.1 Å².